The Balaban J connectivity index is 1.33. The van der Waals surface area contributed by atoms with Gasteiger partial charge in [0.1, 0.15) is 18.5 Å². The van der Waals surface area contributed by atoms with Crippen LogP contribution in [0.1, 0.15) is 18.2 Å². The third-order valence-electron chi connectivity index (χ3n) is 4.89. The number of hydrogen-bond donors (Lipinski definition) is 1. The molecule has 2 aliphatic heterocycles. The summed E-state index contributed by atoms with van der Waals surface area (Å²) in [5, 5.41) is 0. The highest BCUT2D eigenvalue weighted by Gasteiger charge is 2.65. The van der Waals surface area contributed by atoms with Gasteiger partial charge in [-0.1, -0.05) is 30.3 Å². The first-order valence-electron chi connectivity index (χ1n) is 9.83. The maximum Gasteiger partial charge on any atom is 0.475 e. The van der Waals surface area contributed by atoms with Gasteiger partial charge in [-0.3, -0.25) is 22.9 Å². The van der Waals surface area contributed by atoms with Crippen LogP contribution < -0.4 is 11.4 Å². The van der Waals surface area contributed by atoms with Crippen LogP contribution in [0.2, 0.25) is 0 Å². The number of carbonyl (C=O) groups is 1. The fourth-order valence-corrected chi connectivity index (χ4v) is 4.68. The van der Waals surface area contributed by atoms with E-state index in [0.29, 0.717) is 4.57 Å². The molecule has 11 nitrogen and oxygen atoms in total. The van der Waals surface area contributed by atoms with Crippen LogP contribution >= 0.6 is 7.82 Å². The number of rotatable bonds is 7. The Morgan fingerprint density at radius 1 is 1.30 bits per heavy atom. The maximum absolute atomic E-state index is 15.0. The van der Waals surface area contributed by atoms with Crippen LogP contribution in [0.5, 0.6) is 0 Å². The number of esters is 1. The lowest BCUT2D eigenvalue weighted by Crippen LogP contribution is -2.45. The number of halogens is 2. The lowest BCUT2D eigenvalue weighted by molar-refractivity contribution is -0.146. The number of phosphoric ester groups is 1. The van der Waals surface area contributed by atoms with E-state index in [-0.39, 0.29) is 18.8 Å². The van der Waals surface area contributed by atoms with Crippen molar-refractivity contribution in [3.8, 4) is 0 Å². The van der Waals surface area contributed by atoms with E-state index in [1.807, 2.05) is 6.07 Å². The molecule has 2 fully saturated rings. The fourth-order valence-electron chi connectivity index (χ4n) is 3.29. The first kappa shape index (κ1) is 23.5. The van der Waals surface area contributed by atoms with Gasteiger partial charge in [0.05, 0.1) is 19.6 Å². The summed E-state index contributed by atoms with van der Waals surface area (Å²) in [6.07, 6.45) is -4.71. The molecule has 2 N–H and O–H groups in total. The molecule has 4 atom stereocenters. The fraction of sp³-hybridized carbons (Fsp3) is 0.421. The molecule has 1 aromatic carbocycles. The quantitative estimate of drug-likeness (QED) is 0.455. The number of hydrogen-bond acceptors (Lipinski definition) is 10. The molecule has 0 spiro atoms. The van der Waals surface area contributed by atoms with Crippen LogP contribution in [0.25, 0.3) is 0 Å². The van der Waals surface area contributed by atoms with Crippen molar-refractivity contribution in [2.75, 3.05) is 18.9 Å². The Labute approximate surface area is 186 Å². The summed E-state index contributed by atoms with van der Waals surface area (Å²) in [4.78, 5) is 27.2. The second-order valence-corrected chi connectivity index (χ2v) is 8.86. The first-order chi connectivity index (χ1) is 15.7. The lowest BCUT2D eigenvalue weighted by Gasteiger charge is -2.31. The van der Waals surface area contributed by atoms with Crippen molar-refractivity contribution >= 4 is 19.6 Å². The predicted molar refractivity (Wildman–Crippen MR) is 107 cm³/mol. The number of carbonyl (C=O) groups excluding carboxylic acids is 1. The van der Waals surface area contributed by atoms with Gasteiger partial charge in [0.15, 0.2) is 6.10 Å². The van der Waals surface area contributed by atoms with Crippen LogP contribution in [0.15, 0.2) is 47.4 Å². The van der Waals surface area contributed by atoms with Crippen molar-refractivity contribution in [1.29, 1.82) is 0 Å². The molecule has 2 saturated heterocycles. The number of anilines is 1. The van der Waals surface area contributed by atoms with Crippen molar-refractivity contribution < 1.29 is 41.2 Å². The number of aromatic nitrogens is 2. The number of benzene rings is 1. The van der Waals surface area contributed by atoms with Gasteiger partial charge in [-0.25, -0.2) is 9.36 Å². The Bertz CT molecular complexity index is 1120. The van der Waals surface area contributed by atoms with E-state index in [1.165, 1.54) is 0 Å². The molecule has 0 aliphatic carbocycles. The Morgan fingerprint density at radius 3 is 2.79 bits per heavy atom. The molecule has 2 aliphatic rings. The second-order valence-electron chi connectivity index (χ2n) is 7.24. The number of nitrogens with two attached hydrogens (primary N) is 1. The Morgan fingerprint density at radius 2 is 2.06 bits per heavy atom. The van der Waals surface area contributed by atoms with Gasteiger partial charge in [-0.05, 0) is 11.6 Å². The third kappa shape index (κ3) is 5.12. The van der Waals surface area contributed by atoms with Crippen molar-refractivity contribution in [3.63, 3.8) is 0 Å². The van der Waals surface area contributed by atoms with Gasteiger partial charge >= 0.3 is 25.4 Å². The molecule has 14 heteroatoms. The minimum Gasteiger partial charge on any atom is -0.461 e. The van der Waals surface area contributed by atoms with E-state index in [1.54, 1.807) is 24.3 Å². The molecule has 0 bridgehead atoms. The third-order valence-corrected chi connectivity index (χ3v) is 6.34. The normalized spacial score (nSPS) is 28.2. The summed E-state index contributed by atoms with van der Waals surface area (Å²) >= 11 is 0. The van der Waals surface area contributed by atoms with Crippen molar-refractivity contribution in [2.45, 2.75) is 37.4 Å². The number of ether oxygens (including phenoxy) is 2. The van der Waals surface area contributed by atoms with Gasteiger partial charge in [0, 0.05) is 6.20 Å². The summed E-state index contributed by atoms with van der Waals surface area (Å²) in [7, 11) is -4.43. The summed E-state index contributed by atoms with van der Waals surface area (Å²) in [6.45, 7) is -0.943. The molecular weight excluding hydrogens is 467 g/mol. The Kier molecular flexibility index (Phi) is 6.59. The lowest BCUT2D eigenvalue weighted by atomic mass is 10.1. The summed E-state index contributed by atoms with van der Waals surface area (Å²) in [5.41, 5.74) is 5.11. The van der Waals surface area contributed by atoms with Crippen LogP contribution in [0, 0.1) is 0 Å². The summed E-state index contributed by atoms with van der Waals surface area (Å²) in [6, 6.07) is 10.1. The largest absolute Gasteiger partial charge is 0.475 e. The van der Waals surface area contributed by atoms with E-state index in [2.05, 4.69) is 4.98 Å². The molecule has 33 heavy (non-hydrogen) atoms. The van der Waals surface area contributed by atoms with Gasteiger partial charge in [0.2, 0.25) is 6.23 Å². The number of nitrogen functional groups attached to an aromatic ring is 1. The van der Waals surface area contributed by atoms with Crippen molar-refractivity contribution in [3.05, 3.63) is 58.6 Å². The van der Waals surface area contributed by atoms with Crippen molar-refractivity contribution in [1.82, 2.24) is 9.55 Å². The van der Waals surface area contributed by atoms with Gasteiger partial charge in [-0.15, -0.1) is 0 Å². The smallest absolute Gasteiger partial charge is 0.461 e. The average Bonchev–Trinajstić information content (AvgIpc) is 3.03. The highest BCUT2D eigenvalue weighted by molar-refractivity contribution is 7.48. The van der Waals surface area contributed by atoms with Crippen LogP contribution in [0.3, 0.4) is 0 Å². The summed E-state index contributed by atoms with van der Waals surface area (Å²) in [5.74, 6) is -4.57. The highest BCUT2D eigenvalue weighted by atomic mass is 31.2. The second kappa shape index (κ2) is 9.27. The number of nitrogens with zero attached hydrogens (tertiary/aromatic N) is 2. The predicted octanol–water partition coefficient (Wildman–Crippen LogP) is 2.03. The molecule has 0 amide bonds. The minimum absolute atomic E-state index is 0.0401. The zero-order valence-electron chi connectivity index (χ0n) is 17.0. The van der Waals surface area contributed by atoms with Crippen molar-refractivity contribution in [2.24, 2.45) is 0 Å². The molecule has 2 aromatic rings. The molecule has 1 aromatic heterocycles. The number of alkyl halides is 2. The number of fused-ring (bicyclic) bond motifs is 1. The standard InChI is InChI=1S/C19H20F2N3O8P/c20-19(21)16-13(31-17(19)24-8-6-14(22)23-18(24)26)11-30-33(27,32-16)29-9-7-15(25)28-10-12-4-2-1-3-5-12/h1-6,8,13,16-17H,7,9-11H2,(H2,22,23,26)/t13-,16-,17-,33?/m1/s1. The molecule has 0 radical (unpaired) electrons. The molecular formula is C19H20F2N3O8P. The van der Waals surface area contributed by atoms with Gasteiger partial charge in [0.25, 0.3) is 0 Å². The van der Waals surface area contributed by atoms with Crippen LogP contribution in [-0.2, 0) is 39.0 Å². The number of phosphoric acid groups is 1. The van der Waals surface area contributed by atoms with E-state index < -0.39 is 57.1 Å². The zero-order chi connectivity index (χ0) is 23.6. The molecule has 0 saturated carbocycles. The monoisotopic (exact) mass is 487 g/mol. The van der Waals surface area contributed by atoms with Gasteiger partial charge < -0.3 is 15.2 Å². The molecule has 178 valence electrons. The molecule has 1 unspecified atom stereocenters. The molecule has 3 heterocycles. The average molecular weight is 487 g/mol. The van der Waals surface area contributed by atoms with Crippen LogP contribution in [-0.4, -0.2) is 46.9 Å². The van der Waals surface area contributed by atoms with E-state index in [9.17, 15) is 22.9 Å². The van der Waals surface area contributed by atoms with Crippen LogP contribution in [0.4, 0.5) is 14.6 Å². The Hall–Kier alpha value is -2.70. The van der Waals surface area contributed by atoms with E-state index in [0.717, 1.165) is 17.8 Å². The van der Waals surface area contributed by atoms with E-state index >= 15 is 0 Å². The SMILES string of the molecule is Nc1ccn([C@@H]2O[C@@H]3COP(=O)(OCCC(=O)OCc4ccccc4)O[C@H]3C2(F)F)c(=O)n1. The summed E-state index contributed by atoms with van der Waals surface area (Å²) < 4.78 is 68.5. The first-order valence-corrected chi connectivity index (χ1v) is 11.3. The van der Waals surface area contributed by atoms with E-state index in [4.69, 9.17) is 28.8 Å². The van der Waals surface area contributed by atoms with Gasteiger partial charge in [-0.2, -0.15) is 13.8 Å². The maximum atomic E-state index is 15.0. The molecule has 4 rings (SSSR count). The zero-order valence-corrected chi connectivity index (χ0v) is 17.9. The highest BCUT2D eigenvalue weighted by Crippen LogP contribution is 2.59. The topological polar surface area (TPSA) is 141 Å². The minimum atomic E-state index is -4.43.